The van der Waals surface area contributed by atoms with E-state index in [2.05, 4.69) is 12.2 Å². The zero-order valence-electron chi connectivity index (χ0n) is 12.8. The van der Waals surface area contributed by atoms with E-state index in [-0.39, 0.29) is 17.7 Å². The zero-order valence-corrected chi connectivity index (χ0v) is 12.8. The molecule has 1 atom stereocenters. The van der Waals surface area contributed by atoms with Crippen LogP contribution in [0.5, 0.6) is 11.5 Å². The van der Waals surface area contributed by atoms with Crippen LogP contribution in [0, 0.1) is 0 Å². The smallest absolute Gasteiger partial charge is 0.258 e. The normalized spacial score (nSPS) is 18.3. The fourth-order valence-corrected chi connectivity index (χ4v) is 2.80. The Balaban J connectivity index is 2.25. The number of para-hydroxylation sites is 1. The van der Waals surface area contributed by atoms with Gasteiger partial charge >= 0.3 is 0 Å². The second-order valence-corrected chi connectivity index (χ2v) is 5.36. The molecular weight excluding hydrogens is 268 g/mol. The van der Waals surface area contributed by atoms with Gasteiger partial charge in [-0.15, -0.1) is 0 Å². The van der Waals surface area contributed by atoms with E-state index in [1.165, 1.54) is 7.11 Å². The van der Waals surface area contributed by atoms with Gasteiger partial charge in [0.2, 0.25) is 0 Å². The summed E-state index contributed by atoms with van der Waals surface area (Å²) >= 11 is 0. The first-order valence-electron chi connectivity index (χ1n) is 7.56. The van der Waals surface area contributed by atoms with Crippen LogP contribution < -0.4 is 10.1 Å². The van der Waals surface area contributed by atoms with Crippen molar-refractivity contribution < 1.29 is 14.6 Å². The van der Waals surface area contributed by atoms with Crippen molar-refractivity contribution in [1.82, 2.24) is 10.2 Å². The number of nitrogens with zero attached hydrogens (tertiary/aromatic N) is 1. The van der Waals surface area contributed by atoms with Gasteiger partial charge in [0, 0.05) is 19.1 Å². The molecule has 1 aliphatic rings. The highest BCUT2D eigenvalue weighted by molar-refractivity contribution is 5.97. The summed E-state index contributed by atoms with van der Waals surface area (Å²) in [5.41, 5.74) is 0.313. The van der Waals surface area contributed by atoms with Crippen molar-refractivity contribution >= 4 is 5.91 Å². The molecule has 2 rings (SSSR count). The average molecular weight is 292 g/mol. The minimum absolute atomic E-state index is 0.0742. The summed E-state index contributed by atoms with van der Waals surface area (Å²) < 4.78 is 5.09. The number of benzene rings is 1. The predicted molar refractivity (Wildman–Crippen MR) is 81.9 cm³/mol. The second-order valence-electron chi connectivity index (χ2n) is 5.36. The maximum absolute atomic E-state index is 12.8. The lowest BCUT2D eigenvalue weighted by Crippen LogP contribution is -2.49. The van der Waals surface area contributed by atoms with Gasteiger partial charge in [-0.3, -0.25) is 4.79 Å². The number of carbonyl (C=O) groups is 1. The van der Waals surface area contributed by atoms with Gasteiger partial charge in [-0.2, -0.15) is 0 Å². The third-order valence-electron chi connectivity index (χ3n) is 3.89. The van der Waals surface area contributed by atoms with E-state index in [1.54, 1.807) is 18.2 Å². The number of carbonyl (C=O) groups excluding carboxylic acids is 1. The molecule has 5 nitrogen and oxygen atoms in total. The van der Waals surface area contributed by atoms with Crippen molar-refractivity contribution in [3.8, 4) is 11.5 Å². The molecule has 5 heteroatoms. The molecule has 1 aliphatic heterocycles. The molecule has 0 spiro atoms. The van der Waals surface area contributed by atoms with Crippen LogP contribution in [0.3, 0.4) is 0 Å². The summed E-state index contributed by atoms with van der Waals surface area (Å²) in [6.45, 7) is 4.58. The maximum Gasteiger partial charge on any atom is 0.258 e. The lowest BCUT2D eigenvalue weighted by Gasteiger charge is -2.34. The van der Waals surface area contributed by atoms with Gasteiger partial charge in [-0.25, -0.2) is 0 Å². The number of aromatic hydroxyl groups is 1. The first-order chi connectivity index (χ1) is 10.2. The van der Waals surface area contributed by atoms with E-state index in [4.69, 9.17) is 4.74 Å². The quantitative estimate of drug-likeness (QED) is 0.871. The number of nitrogens with one attached hydrogen (secondary N) is 1. The Hall–Kier alpha value is -1.75. The number of amides is 1. The molecule has 1 aromatic carbocycles. The number of piperidine rings is 1. The Morgan fingerprint density at radius 2 is 2.33 bits per heavy atom. The van der Waals surface area contributed by atoms with Crippen molar-refractivity contribution in [1.29, 1.82) is 0 Å². The highest BCUT2D eigenvalue weighted by atomic mass is 16.5. The van der Waals surface area contributed by atoms with E-state index in [0.29, 0.717) is 17.9 Å². The number of ether oxygens (including phenoxy) is 1. The Bertz CT molecular complexity index is 484. The third kappa shape index (κ3) is 3.47. The van der Waals surface area contributed by atoms with Gasteiger partial charge in [0.15, 0.2) is 11.5 Å². The molecule has 1 aromatic rings. The van der Waals surface area contributed by atoms with Crippen LogP contribution in [0.25, 0.3) is 0 Å². The van der Waals surface area contributed by atoms with Crippen LogP contribution in [-0.4, -0.2) is 48.7 Å². The summed E-state index contributed by atoms with van der Waals surface area (Å²) in [6.07, 6.45) is 2.97. The number of hydrogen-bond acceptors (Lipinski definition) is 4. The molecule has 1 saturated heterocycles. The fraction of sp³-hybridized carbons (Fsp3) is 0.562. The lowest BCUT2D eigenvalue weighted by molar-refractivity contribution is 0.0645. The average Bonchev–Trinajstić information content (AvgIpc) is 2.53. The SMILES string of the molecule is CCCN(C(=O)c1cccc(OC)c1O)C1CCCNC1. The molecule has 0 bridgehead atoms. The predicted octanol–water partition coefficient (Wildman–Crippen LogP) is 2.00. The minimum Gasteiger partial charge on any atom is -0.504 e. The standard InChI is InChI=1S/C16H24N2O3/c1-3-10-18(12-6-5-9-17-11-12)16(20)13-7-4-8-14(21-2)15(13)19/h4,7-8,12,17,19H,3,5-6,9-11H2,1-2H3. The first kappa shape index (κ1) is 15.6. The molecule has 0 aromatic heterocycles. The molecule has 0 radical (unpaired) electrons. The van der Waals surface area contributed by atoms with Crippen molar-refractivity contribution in [2.24, 2.45) is 0 Å². The lowest BCUT2D eigenvalue weighted by atomic mass is 10.0. The minimum atomic E-state index is -0.123. The molecule has 0 aliphatic carbocycles. The van der Waals surface area contributed by atoms with Crippen LogP contribution >= 0.6 is 0 Å². The number of methoxy groups -OCH3 is 1. The highest BCUT2D eigenvalue weighted by Gasteiger charge is 2.27. The Labute approximate surface area is 125 Å². The molecule has 2 N–H and O–H groups in total. The van der Waals surface area contributed by atoms with E-state index < -0.39 is 0 Å². The summed E-state index contributed by atoms with van der Waals surface area (Å²) in [5.74, 6) is 0.135. The van der Waals surface area contributed by atoms with E-state index in [0.717, 1.165) is 32.4 Å². The van der Waals surface area contributed by atoms with E-state index in [1.807, 2.05) is 4.90 Å². The number of rotatable bonds is 5. The summed E-state index contributed by atoms with van der Waals surface area (Å²) in [5, 5.41) is 13.5. The van der Waals surface area contributed by atoms with Crippen molar-refractivity contribution in [2.75, 3.05) is 26.7 Å². The molecular formula is C16H24N2O3. The van der Waals surface area contributed by atoms with E-state index in [9.17, 15) is 9.90 Å². The van der Waals surface area contributed by atoms with Crippen molar-refractivity contribution in [3.63, 3.8) is 0 Å². The van der Waals surface area contributed by atoms with Crippen LogP contribution in [-0.2, 0) is 0 Å². The summed E-state index contributed by atoms with van der Waals surface area (Å²) in [7, 11) is 1.48. The molecule has 1 amide bonds. The Morgan fingerprint density at radius 3 is 2.95 bits per heavy atom. The molecule has 116 valence electrons. The Morgan fingerprint density at radius 1 is 1.52 bits per heavy atom. The Kier molecular flexibility index (Phi) is 5.44. The summed E-state index contributed by atoms with van der Waals surface area (Å²) in [4.78, 5) is 14.7. The largest absolute Gasteiger partial charge is 0.504 e. The maximum atomic E-state index is 12.8. The number of phenols is 1. The van der Waals surface area contributed by atoms with Gasteiger partial charge in [0.25, 0.3) is 5.91 Å². The van der Waals surface area contributed by atoms with Crippen LogP contribution in [0.15, 0.2) is 18.2 Å². The van der Waals surface area contributed by atoms with Crippen LogP contribution in [0.1, 0.15) is 36.5 Å². The molecule has 21 heavy (non-hydrogen) atoms. The van der Waals surface area contributed by atoms with Crippen molar-refractivity contribution in [3.05, 3.63) is 23.8 Å². The number of phenolic OH excluding ortho intramolecular Hbond substituents is 1. The van der Waals surface area contributed by atoms with Crippen LogP contribution in [0.2, 0.25) is 0 Å². The van der Waals surface area contributed by atoms with Gasteiger partial charge < -0.3 is 20.1 Å². The summed E-state index contributed by atoms with van der Waals surface area (Å²) in [6, 6.07) is 5.23. The molecule has 1 fully saturated rings. The topological polar surface area (TPSA) is 61.8 Å². The molecule has 1 unspecified atom stereocenters. The monoisotopic (exact) mass is 292 g/mol. The van der Waals surface area contributed by atoms with Gasteiger partial charge in [-0.05, 0) is 37.9 Å². The van der Waals surface area contributed by atoms with Gasteiger partial charge in [0.1, 0.15) is 0 Å². The zero-order chi connectivity index (χ0) is 15.2. The van der Waals surface area contributed by atoms with Crippen molar-refractivity contribution in [2.45, 2.75) is 32.2 Å². The van der Waals surface area contributed by atoms with Gasteiger partial charge in [-0.1, -0.05) is 13.0 Å². The van der Waals surface area contributed by atoms with Crippen LogP contribution in [0.4, 0.5) is 0 Å². The molecule has 0 saturated carbocycles. The number of hydrogen-bond donors (Lipinski definition) is 2. The molecule has 1 heterocycles. The van der Waals surface area contributed by atoms with Gasteiger partial charge in [0.05, 0.1) is 12.7 Å². The third-order valence-corrected chi connectivity index (χ3v) is 3.89. The fourth-order valence-electron chi connectivity index (χ4n) is 2.80. The first-order valence-corrected chi connectivity index (χ1v) is 7.56. The highest BCUT2D eigenvalue weighted by Crippen LogP contribution is 2.31. The van der Waals surface area contributed by atoms with E-state index >= 15 is 0 Å². The second kappa shape index (κ2) is 7.31.